The summed E-state index contributed by atoms with van der Waals surface area (Å²) in [5, 5.41) is 14.6. The van der Waals surface area contributed by atoms with Gasteiger partial charge in [0.2, 0.25) is 11.9 Å². The van der Waals surface area contributed by atoms with Crippen LogP contribution in [0.25, 0.3) is 0 Å². The van der Waals surface area contributed by atoms with Crippen LogP contribution in [0, 0.1) is 0 Å². The zero-order chi connectivity index (χ0) is 22.2. The minimum atomic E-state index is -0.305. The zero-order valence-electron chi connectivity index (χ0n) is 18.1. The molecule has 0 spiro atoms. The van der Waals surface area contributed by atoms with Crippen LogP contribution in [0.3, 0.4) is 0 Å². The number of hydrogen-bond donors (Lipinski definition) is 3. The Morgan fingerprint density at radius 3 is 2.91 bits per heavy atom. The molecule has 8 nitrogen and oxygen atoms in total. The van der Waals surface area contributed by atoms with Crippen LogP contribution >= 0.6 is 22.9 Å². The molecule has 1 amide bonds. The van der Waals surface area contributed by atoms with Gasteiger partial charge in [0.1, 0.15) is 11.9 Å². The number of nitrogens with one attached hydrogen (secondary N) is 3. The van der Waals surface area contributed by atoms with Crippen molar-refractivity contribution in [3.63, 3.8) is 0 Å². The van der Waals surface area contributed by atoms with E-state index >= 15 is 0 Å². The number of hydrogen-bond acceptors (Lipinski definition) is 7. The van der Waals surface area contributed by atoms with Crippen molar-refractivity contribution in [3.05, 3.63) is 39.5 Å². The van der Waals surface area contributed by atoms with E-state index in [0.717, 1.165) is 72.2 Å². The molecule has 0 bridgehead atoms. The fourth-order valence-corrected chi connectivity index (χ4v) is 5.28. The number of aryl methyl sites for hydroxylation is 1. The average molecular weight is 472 g/mol. The summed E-state index contributed by atoms with van der Waals surface area (Å²) < 4.78 is 0.653. The maximum absolute atomic E-state index is 13.0. The van der Waals surface area contributed by atoms with Crippen LogP contribution in [-0.2, 0) is 17.6 Å². The third-order valence-corrected chi connectivity index (χ3v) is 7.17. The third kappa shape index (κ3) is 4.19. The first-order valence-electron chi connectivity index (χ1n) is 11.0. The number of anilines is 4. The number of halogens is 1. The Kier molecular flexibility index (Phi) is 5.77. The molecule has 168 valence electrons. The Hall–Kier alpha value is -2.65. The summed E-state index contributed by atoms with van der Waals surface area (Å²) in [6.45, 7) is 5.00. The molecule has 1 aliphatic heterocycles. The molecule has 3 aromatic heterocycles. The number of rotatable bonds is 6. The maximum Gasteiger partial charge on any atom is 0.247 e. The normalized spacial score (nSPS) is 17.8. The number of thiophene rings is 1. The van der Waals surface area contributed by atoms with Gasteiger partial charge in [-0.1, -0.05) is 25.4 Å². The highest BCUT2D eigenvalue weighted by molar-refractivity contribution is 7.20. The number of fused-ring (bicyclic) bond motifs is 1. The van der Waals surface area contributed by atoms with Crippen molar-refractivity contribution in [2.24, 2.45) is 0 Å². The van der Waals surface area contributed by atoms with Gasteiger partial charge in [0.05, 0.1) is 15.0 Å². The van der Waals surface area contributed by atoms with Crippen LogP contribution in [0.1, 0.15) is 56.0 Å². The highest BCUT2D eigenvalue weighted by atomic mass is 35.5. The van der Waals surface area contributed by atoms with Gasteiger partial charge < -0.3 is 15.5 Å². The predicted molar refractivity (Wildman–Crippen MR) is 128 cm³/mol. The van der Waals surface area contributed by atoms with Gasteiger partial charge >= 0.3 is 0 Å². The van der Waals surface area contributed by atoms with Crippen molar-refractivity contribution < 1.29 is 4.79 Å². The van der Waals surface area contributed by atoms with E-state index in [-0.39, 0.29) is 11.9 Å². The van der Waals surface area contributed by atoms with Crippen molar-refractivity contribution in [3.8, 4) is 0 Å². The third-order valence-electron chi connectivity index (χ3n) is 6.02. The van der Waals surface area contributed by atoms with Gasteiger partial charge in [-0.2, -0.15) is 10.1 Å². The van der Waals surface area contributed by atoms with Gasteiger partial charge in [0, 0.05) is 23.9 Å². The molecule has 3 aromatic rings. The molecule has 1 unspecified atom stereocenters. The van der Waals surface area contributed by atoms with Gasteiger partial charge in [-0.15, -0.1) is 11.3 Å². The Balaban J connectivity index is 1.41. The van der Waals surface area contributed by atoms with Gasteiger partial charge in [-0.25, -0.2) is 4.98 Å². The highest BCUT2D eigenvalue weighted by Gasteiger charge is 2.34. The summed E-state index contributed by atoms with van der Waals surface area (Å²) in [4.78, 5) is 24.8. The van der Waals surface area contributed by atoms with Crippen LogP contribution < -0.4 is 15.5 Å². The van der Waals surface area contributed by atoms with Gasteiger partial charge in [0.15, 0.2) is 5.82 Å². The first-order chi connectivity index (χ1) is 15.5. The van der Waals surface area contributed by atoms with E-state index in [1.54, 1.807) is 6.07 Å². The molecule has 10 heteroatoms. The number of aromatic amines is 1. The first kappa shape index (κ1) is 21.2. The number of nitrogens with zero attached hydrogens (tertiary/aromatic N) is 4. The van der Waals surface area contributed by atoms with E-state index in [0.29, 0.717) is 16.2 Å². The van der Waals surface area contributed by atoms with Crippen molar-refractivity contribution in [2.75, 3.05) is 22.1 Å². The van der Waals surface area contributed by atoms with E-state index in [1.807, 2.05) is 17.0 Å². The molecule has 32 heavy (non-hydrogen) atoms. The van der Waals surface area contributed by atoms with E-state index in [1.165, 1.54) is 11.3 Å². The zero-order valence-corrected chi connectivity index (χ0v) is 19.7. The van der Waals surface area contributed by atoms with Crippen LogP contribution in [0.5, 0.6) is 0 Å². The predicted octanol–water partition coefficient (Wildman–Crippen LogP) is 4.88. The summed E-state index contributed by atoms with van der Waals surface area (Å²) in [5.41, 5.74) is 3.29. The van der Waals surface area contributed by atoms with Gasteiger partial charge in [-0.3, -0.25) is 9.89 Å². The van der Waals surface area contributed by atoms with Crippen LogP contribution in [0.4, 0.5) is 22.6 Å². The monoisotopic (exact) mass is 471 g/mol. The van der Waals surface area contributed by atoms with Crippen molar-refractivity contribution >= 4 is 51.4 Å². The maximum atomic E-state index is 13.0. The van der Waals surface area contributed by atoms with Crippen LogP contribution in [0.15, 0.2) is 18.2 Å². The molecule has 1 fully saturated rings. The minimum absolute atomic E-state index is 0.0477. The van der Waals surface area contributed by atoms with E-state index < -0.39 is 0 Å². The summed E-state index contributed by atoms with van der Waals surface area (Å²) >= 11 is 7.37. The Morgan fingerprint density at radius 1 is 1.28 bits per heavy atom. The molecule has 1 atom stereocenters. The van der Waals surface area contributed by atoms with Crippen LogP contribution in [0.2, 0.25) is 4.34 Å². The second kappa shape index (κ2) is 8.71. The lowest BCUT2D eigenvalue weighted by atomic mass is 10.1. The molecule has 3 N–H and O–H groups in total. The molecule has 2 aliphatic rings. The second-order valence-corrected chi connectivity index (χ2v) is 10.3. The molecule has 0 aromatic carbocycles. The molecule has 5 rings (SSSR count). The number of aromatic nitrogens is 4. The van der Waals surface area contributed by atoms with Crippen molar-refractivity contribution in [2.45, 2.75) is 57.9 Å². The quantitative estimate of drug-likeness (QED) is 0.474. The second-order valence-electron chi connectivity index (χ2n) is 8.58. The van der Waals surface area contributed by atoms with Crippen LogP contribution in [-0.4, -0.2) is 38.7 Å². The molecular formula is C22H26ClN7OS. The molecule has 1 saturated heterocycles. The molecule has 0 radical (unpaired) electrons. The topological polar surface area (TPSA) is 98.8 Å². The number of H-pyrrole nitrogens is 1. The summed E-state index contributed by atoms with van der Waals surface area (Å²) in [6, 6.07) is 5.33. The average Bonchev–Trinajstić information content (AvgIpc) is 3.54. The number of carbonyl (C=O) groups is 1. The fourth-order valence-electron chi connectivity index (χ4n) is 4.33. The lowest BCUT2D eigenvalue weighted by Gasteiger charge is -2.25. The summed E-state index contributed by atoms with van der Waals surface area (Å²) in [5.74, 6) is 2.47. The minimum Gasteiger partial charge on any atom is -0.329 e. The number of amides is 1. The van der Waals surface area contributed by atoms with Gasteiger partial charge in [0.25, 0.3) is 0 Å². The van der Waals surface area contributed by atoms with Gasteiger partial charge in [-0.05, 0) is 50.2 Å². The molecule has 4 heterocycles. The standard InChI is InChI=1S/C22H26ClN7OS/c1-12(2)15-11-18(29-28-15)25-20-13-5-3-6-14(13)24-22(27-20)30-10-4-7-16(30)21(31)26-19-9-8-17(23)32-19/h8-9,11-12,16H,3-7,10H2,1-2H3,(H,26,31)(H2,24,25,27,28,29). The molecular weight excluding hydrogens is 446 g/mol. The summed E-state index contributed by atoms with van der Waals surface area (Å²) in [6.07, 6.45) is 4.62. The fraction of sp³-hybridized carbons (Fsp3) is 0.455. The van der Waals surface area contributed by atoms with E-state index in [2.05, 4.69) is 34.7 Å². The Morgan fingerprint density at radius 2 is 2.16 bits per heavy atom. The van der Waals surface area contributed by atoms with E-state index in [9.17, 15) is 4.79 Å². The first-order valence-corrected chi connectivity index (χ1v) is 12.2. The summed E-state index contributed by atoms with van der Waals surface area (Å²) in [7, 11) is 0. The largest absolute Gasteiger partial charge is 0.329 e. The Bertz CT molecular complexity index is 1140. The van der Waals surface area contributed by atoms with Crippen molar-refractivity contribution in [1.82, 2.24) is 20.2 Å². The number of carbonyl (C=O) groups excluding carboxylic acids is 1. The van der Waals surface area contributed by atoms with Crippen molar-refractivity contribution in [1.29, 1.82) is 0 Å². The SMILES string of the molecule is CC(C)c1cc(Nc2nc(N3CCCC3C(=O)Nc3ccc(Cl)s3)nc3c2CCC3)n[nH]1. The van der Waals surface area contributed by atoms with E-state index in [4.69, 9.17) is 21.6 Å². The molecule has 1 aliphatic carbocycles. The Labute approximate surface area is 195 Å². The molecule has 0 saturated carbocycles. The smallest absolute Gasteiger partial charge is 0.247 e. The highest BCUT2D eigenvalue weighted by Crippen LogP contribution is 2.33. The lowest BCUT2D eigenvalue weighted by molar-refractivity contribution is -0.117. The lowest BCUT2D eigenvalue weighted by Crippen LogP contribution is -2.40.